The minimum absolute atomic E-state index is 0.382. The second kappa shape index (κ2) is 5.51. The third kappa shape index (κ3) is 3.24. The van der Waals surface area contributed by atoms with Crippen LogP contribution in [-0.2, 0) is 10.7 Å². The molecule has 1 atom stereocenters. The zero-order valence-corrected chi connectivity index (χ0v) is 9.49. The van der Waals surface area contributed by atoms with Crippen molar-refractivity contribution in [3.63, 3.8) is 0 Å². The molecular weight excluding hydrogens is 230 g/mol. The number of aliphatic carboxylic acids is 1. The smallest absolute Gasteiger partial charge is 0.325 e. The fourth-order valence-electron chi connectivity index (χ4n) is 1.09. The monoisotopic (exact) mass is 241 g/mol. The van der Waals surface area contributed by atoms with Crippen LogP contribution in [0.15, 0.2) is 24.3 Å². The van der Waals surface area contributed by atoms with Crippen molar-refractivity contribution < 1.29 is 14.7 Å². The molecule has 0 aromatic heterocycles. The summed E-state index contributed by atoms with van der Waals surface area (Å²) in [4.78, 5) is 22.1. The van der Waals surface area contributed by atoms with Gasteiger partial charge in [-0.2, -0.15) is 0 Å². The Morgan fingerprint density at radius 3 is 2.38 bits per heavy atom. The molecule has 86 valence electrons. The van der Waals surface area contributed by atoms with Gasteiger partial charge in [-0.3, -0.25) is 9.59 Å². The van der Waals surface area contributed by atoms with E-state index < -0.39 is 17.9 Å². The highest BCUT2D eigenvalue weighted by Gasteiger charge is 2.14. The largest absolute Gasteiger partial charge is 0.480 e. The van der Waals surface area contributed by atoms with E-state index in [0.29, 0.717) is 11.4 Å². The number of benzene rings is 1. The van der Waals surface area contributed by atoms with Crippen LogP contribution in [0.4, 0.5) is 0 Å². The Morgan fingerprint density at radius 2 is 1.94 bits per heavy atom. The van der Waals surface area contributed by atoms with Gasteiger partial charge in [0.05, 0.1) is 0 Å². The third-order valence-corrected chi connectivity index (χ3v) is 2.40. The average Bonchev–Trinajstić information content (AvgIpc) is 2.28. The molecule has 2 N–H and O–H groups in total. The summed E-state index contributed by atoms with van der Waals surface area (Å²) >= 11 is 5.61. The number of carbonyl (C=O) groups is 2. The van der Waals surface area contributed by atoms with E-state index in [2.05, 4.69) is 5.32 Å². The standard InChI is InChI=1S/C11H12ClNO3/c1-7(11(15)16)13-10(14)9-4-2-8(6-12)3-5-9/h2-5,7H,6H2,1H3,(H,13,14)(H,15,16)/t7-/m0/s1. The molecule has 0 radical (unpaired) electrons. The van der Waals surface area contributed by atoms with Gasteiger partial charge in [0.15, 0.2) is 0 Å². The lowest BCUT2D eigenvalue weighted by atomic mass is 10.1. The predicted octanol–water partition coefficient (Wildman–Crippen LogP) is 1.63. The normalized spacial score (nSPS) is 11.9. The molecule has 0 saturated carbocycles. The number of carboxylic acids is 1. The highest BCUT2D eigenvalue weighted by molar-refractivity contribution is 6.17. The van der Waals surface area contributed by atoms with Crippen molar-refractivity contribution in [1.29, 1.82) is 0 Å². The van der Waals surface area contributed by atoms with E-state index in [9.17, 15) is 9.59 Å². The summed E-state index contributed by atoms with van der Waals surface area (Å²) in [6.07, 6.45) is 0. The van der Waals surface area contributed by atoms with Crippen LogP contribution in [0.3, 0.4) is 0 Å². The van der Waals surface area contributed by atoms with Crippen molar-refractivity contribution in [3.05, 3.63) is 35.4 Å². The second-order valence-electron chi connectivity index (χ2n) is 3.36. The molecule has 0 aliphatic heterocycles. The molecule has 1 aromatic rings. The molecule has 0 saturated heterocycles. The molecule has 0 unspecified atom stereocenters. The molecule has 0 aliphatic rings. The maximum atomic E-state index is 11.6. The first kappa shape index (κ1) is 12.5. The van der Waals surface area contributed by atoms with Gasteiger partial charge in [0, 0.05) is 11.4 Å². The lowest BCUT2D eigenvalue weighted by Gasteiger charge is -2.09. The lowest BCUT2D eigenvalue weighted by Crippen LogP contribution is -2.38. The van der Waals surface area contributed by atoms with E-state index in [0.717, 1.165) is 5.56 Å². The highest BCUT2D eigenvalue weighted by atomic mass is 35.5. The van der Waals surface area contributed by atoms with Crippen molar-refractivity contribution in [2.24, 2.45) is 0 Å². The molecule has 0 spiro atoms. The SMILES string of the molecule is C[C@H](NC(=O)c1ccc(CCl)cc1)C(=O)O. The van der Waals surface area contributed by atoms with E-state index in [4.69, 9.17) is 16.7 Å². The van der Waals surface area contributed by atoms with Crippen molar-refractivity contribution in [3.8, 4) is 0 Å². The minimum Gasteiger partial charge on any atom is -0.480 e. The summed E-state index contributed by atoms with van der Waals surface area (Å²) in [5, 5.41) is 11.0. The predicted molar refractivity (Wildman–Crippen MR) is 60.6 cm³/mol. The van der Waals surface area contributed by atoms with Crippen molar-refractivity contribution in [1.82, 2.24) is 5.32 Å². The van der Waals surface area contributed by atoms with Gasteiger partial charge in [0.1, 0.15) is 6.04 Å². The molecular formula is C11H12ClNO3. The molecule has 0 heterocycles. The molecule has 1 aromatic carbocycles. The number of hydrogen-bond donors (Lipinski definition) is 2. The van der Waals surface area contributed by atoms with Crippen LogP contribution < -0.4 is 5.32 Å². The molecule has 1 amide bonds. The molecule has 1 rings (SSSR count). The first-order chi connectivity index (χ1) is 7.54. The van der Waals surface area contributed by atoms with Crippen molar-refractivity contribution in [2.45, 2.75) is 18.8 Å². The zero-order valence-electron chi connectivity index (χ0n) is 8.74. The Labute approximate surface area is 98.2 Å². The summed E-state index contributed by atoms with van der Waals surface area (Å²) in [6, 6.07) is 5.78. The van der Waals surface area contributed by atoms with Crippen LogP contribution in [0.5, 0.6) is 0 Å². The molecule has 5 heteroatoms. The van der Waals surface area contributed by atoms with Gasteiger partial charge >= 0.3 is 5.97 Å². The van der Waals surface area contributed by atoms with Gasteiger partial charge < -0.3 is 10.4 Å². The van der Waals surface area contributed by atoms with E-state index in [1.165, 1.54) is 6.92 Å². The first-order valence-electron chi connectivity index (χ1n) is 4.73. The number of halogens is 1. The Morgan fingerprint density at radius 1 is 1.38 bits per heavy atom. The summed E-state index contributed by atoms with van der Waals surface area (Å²) in [6.45, 7) is 1.41. The number of carboxylic acid groups (broad SMARTS) is 1. The van der Waals surface area contributed by atoms with Crippen molar-refractivity contribution in [2.75, 3.05) is 0 Å². The summed E-state index contributed by atoms with van der Waals surface area (Å²) in [7, 11) is 0. The second-order valence-corrected chi connectivity index (χ2v) is 3.63. The quantitative estimate of drug-likeness (QED) is 0.788. The molecule has 4 nitrogen and oxygen atoms in total. The first-order valence-corrected chi connectivity index (χ1v) is 5.26. The topological polar surface area (TPSA) is 66.4 Å². The van der Waals surface area contributed by atoms with Gasteiger partial charge in [-0.05, 0) is 24.6 Å². The minimum atomic E-state index is -1.06. The number of carbonyl (C=O) groups excluding carboxylic acids is 1. The summed E-state index contributed by atoms with van der Waals surface area (Å²) in [5.74, 6) is -1.09. The van der Waals surface area contributed by atoms with Crippen LogP contribution in [0.2, 0.25) is 0 Å². The van der Waals surface area contributed by atoms with E-state index in [-0.39, 0.29) is 0 Å². The maximum Gasteiger partial charge on any atom is 0.325 e. The summed E-state index contributed by atoms with van der Waals surface area (Å²) in [5.41, 5.74) is 1.33. The van der Waals surface area contributed by atoms with Gasteiger partial charge in [-0.15, -0.1) is 11.6 Å². The van der Waals surface area contributed by atoms with Gasteiger partial charge in [0.25, 0.3) is 5.91 Å². The lowest BCUT2D eigenvalue weighted by molar-refractivity contribution is -0.138. The fourth-order valence-corrected chi connectivity index (χ4v) is 1.27. The van der Waals surface area contributed by atoms with Gasteiger partial charge in [-0.25, -0.2) is 0 Å². The Balaban J connectivity index is 2.69. The zero-order chi connectivity index (χ0) is 12.1. The number of alkyl halides is 1. The van der Waals surface area contributed by atoms with E-state index in [1.807, 2.05) is 0 Å². The van der Waals surface area contributed by atoms with Crippen LogP contribution in [0, 0.1) is 0 Å². The Kier molecular flexibility index (Phi) is 4.31. The number of nitrogens with one attached hydrogen (secondary N) is 1. The summed E-state index contributed by atoms with van der Waals surface area (Å²) < 4.78 is 0. The molecule has 0 fully saturated rings. The molecule has 0 bridgehead atoms. The van der Waals surface area contributed by atoms with Crippen molar-refractivity contribution >= 4 is 23.5 Å². The Bertz CT molecular complexity index is 389. The number of hydrogen-bond acceptors (Lipinski definition) is 2. The number of rotatable bonds is 4. The average molecular weight is 242 g/mol. The highest BCUT2D eigenvalue weighted by Crippen LogP contribution is 2.06. The molecule has 0 aliphatic carbocycles. The van der Waals surface area contributed by atoms with Gasteiger partial charge in [-0.1, -0.05) is 12.1 Å². The Hall–Kier alpha value is -1.55. The van der Waals surface area contributed by atoms with Crippen LogP contribution in [-0.4, -0.2) is 23.0 Å². The van der Waals surface area contributed by atoms with Gasteiger partial charge in [0.2, 0.25) is 0 Å². The van der Waals surface area contributed by atoms with Crippen LogP contribution >= 0.6 is 11.6 Å². The van der Waals surface area contributed by atoms with Crippen LogP contribution in [0.1, 0.15) is 22.8 Å². The number of amides is 1. The van der Waals surface area contributed by atoms with Crippen LogP contribution in [0.25, 0.3) is 0 Å². The fraction of sp³-hybridized carbons (Fsp3) is 0.273. The van der Waals surface area contributed by atoms with E-state index >= 15 is 0 Å². The van der Waals surface area contributed by atoms with E-state index in [1.54, 1.807) is 24.3 Å². The maximum absolute atomic E-state index is 11.6. The molecule has 16 heavy (non-hydrogen) atoms. The third-order valence-electron chi connectivity index (χ3n) is 2.09.